The molecule has 0 unspecified atom stereocenters. The van der Waals surface area contributed by atoms with Gasteiger partial charge in [-0.25, -0.2) is 0 Å². The van der Waals surface area contributed by atoms with Crippen molar-refractivity contribution in [2.75, 3.05) is 6.54 Å². The van der Waals surface area contributed by atoms with Gasteiger partial charge in [-0.3, -0.25) is 4.79 Å². The molecule has 0 bridgehead atoms. The Morgan fingerprint density at radius 2 is 1.55 bits per heavy atom. The van der Waals surface area contributed by atoms with Crippen LogP contribution < -0.4 is 5.32 Å². The lowest BCUT2D eigenvalue weighted by molar-refractivity contribution is -0.120. The van der Waals surface area contributed by atoms with Crippen molar-refractivity contribution in [3.8, 4) is 0 Å². The van der Waals surface area contributed by atoms with Gasteiger partial charge in [0.2, 0.25) is 5.91 Å². The third kappa shape index (κ3) is 6.06. The van der Waals surface area contributed by atoms with Crippen LogP contribution in [-0.2, 0) is 22.6 Å². The van der Waals surface area contributed by atoms with Gasteiger partial charge in [0.25, 0.3) is 0 Å². The van der Waals surface area contributed by atoms with Gasteiger partial charge in [0, 0.05) is 13.0 Å². The minimum Gasteiger partial charge on any atom is -0.482 e. The summed E-state index contributed by atoms with van der Waals surface area (Å²) in [6.45, 7) is 0.969. The number of rotatable bonds is 7. The molecule has 2 aromatic carbocycles. The van der Waals surface area contributed by atoms with Crippen molar-refractivity contribution in [1.82, 2.24) is 5.32 Å². The Hall–Kier alpha value is -2.20. The largest absolute Gasteiger partial charge is 0.482 e. The molecule has 2 rings (SSSR count). The number of hydrogen-bond donors (Lipinski definition) is 1. The number of ether oxygens (including phenoxy) is 1. The predicted octanol–water partition coefficient (Wildman–Crippen LogP) is 3.28. The van der Waals surface area contributed by atoms with Gasteiger partial charge in [-0.15, -0.1) is 0 Å². The molecule has 0 radical (unpaired) electrons. The van der Waals surface area contributed by atoms with Crippen LogP contribution in [0, 0.1) is 0 Å². The Bertz CT molecular complexity index is 599. The van der Waals surface area contributed by atoms with Gasteiger partial charge in [0.05, 0.1) is 6.42 Å². The van der Waals surface area contributed by atoms with Crippen molar-refractivity contribution >= 4 is 23.2 Å². The number of carbonyl (C=O) groups is 1. The van der Waals surface area contributed by atoms with Gasteiger partial charge >= 0.3 is 0 Å². The molecule has 0 saturated carbocycles. The molecule has 0 saturated heterocycles. The Kier molecular flexibility index (Phi) is 6.58. The first kappa shape index (κ1) is 16.2. The molecular formula is C18H19NO2S. The van der Waals surface area contributed by atoms with Crippen LogP contribution in [0.4, 0.5) is 0 Å². The Morgan fingerprint density at radius 3 is 2.18 bits per heavy atom. The fraction of sp³-hybridized carbons (Fsp3) is 0.222. The Labute approximate surface area is 136 Å². The molecule has 4 heteroatoms. The van der Waals surface area contributed by atoms with Gasteiger partial charge in [-0.2, -0.15) is 0 Å². The number of nitrogens with one attached hydrogen (secondary N) is 1. The molecule has 0 aliphatic heterocycles. The van der Waals surface area contributed by atoms with Crippen LogP contribution in [0.3, 0.4) is 0 Å². The zero-order valence-electron chi connectivity index (χ0n) is 12.3. The number of hydrogen-bond acceptors (Lipinski definition) is 3. The highest BCUT2D eigenvalue weighted by Gasteiger charge is 2.04. The first-order valence-corrected chi connectivity index (χ1v) is 7.65. The fourth-order valence-electron chi connectivity index (χ4n) is 1.96. The fourth-order valence-corrected chi connectivity index (χ4v) is 2.12. The lowest BCUT2D eigenvalue weighted by atomic mass is 10.1. The van der Waals surface area contributed by atoms with Crippen molar-refractivity contribution in [2.24, 2.45) is 0 Å². The van der Waals surface area contributed by atoms with Crippen LogP contribution in [0.2, 0.25) is 0 Å². The van der Waals surface area contributed by atoms with E-state index in [1.54, 1.807) is 0 Å². The predicted molar refractivity (Wildman–Crippen MR) is 91.6 cm³/mol. The van der Waals surface area contributed by atoms with Crippen LogP contribution in [0.25, 0.3) is 0 Å². The maximum absolute atomic E-state index is 11.8. The van der Waals surface area contributed by atoms with Gasteiger partial charge in [-0.05, 0) is 23.3 Å². The minimum absolute atomic E-state index is 0.00272. The van der Waals surface area contributed by atoms with Gasteiger partial charge in [0.15, 0.2) is 5.05 Å². The summed E-state index contributed by atoms with van der Waals surface area (Å²) in [7, 11) is 0. The van der Waals surface area contributed by atoms with Crippen LogP contribution in [-0.4, -0.2) is 17.5 Å². The van der Waals surface area contributed by atoms with E-state index in [9.17, 15) is 4.79 Å². The molecule has 0 aromatic heterocycles. The van der Waals surface area contributed by atoms with E-state index in [1.165, 1.54) is 0 Å². The van der Waals surface area contributed by atoms with E-state index in [0.717, 1.165) is 11.1 Å². The highest BCUT2D eigenvalue weighted by Crippen LogP contribution is 2.03. The van der Waals surface area contributed by atoms with E-state index in [4.69, 9.17) is 17.0 Å². The number of benzene rings is 2. The second-order valence-corrected chi connectivity index (χ2v) is 5.36. The molecular weight excluding hydrogens is 294 g/mol. The lowest BCUT2D eigenvalue weighted by Crippen LogP contribution is -2.27. The number of carbonyl (C=O) groups excluding carboxylic acids is 1. The van der Waals surface area contributed by atoms with E-state index >= 15 is 0 Å². The van der Waals surface area contributed by atoms with Crippen LogP contribution in [0.1, 0.15) is 17.5 Å². The monoisotopic (exact) mass is 313 g/mol. The molecule has 1 N–H and O–H groups in total. The summed E-state index contributed by atoms with van der Waals surface area (Å²) in [5.74, 6) is -0.00272. The number of thiocarbonyl (C=S) groups is 1. The Balaban J connectivity index is 1.61. The maximum Gasteiger partial charge on any atom is 0.224 e. The van der Waals surface area contributed by atoms with Crippen molar-refractivity contribution < 1.29 is 9.53 Å². The van der Waals surface area contributed by atoms with Gasteiger partial charge < -0.3 is 10.1 Å². The summed E-state index contributed by atoms with van der Waals surface area (Å²) in [4.78, 5) is 11.8. The molecule has 0 atom stereocenters. The average Bonchev–Trinajstić information content (AvgIpc) is 2.55. The first-order valence-electron chi connectivity index (χ1n) is 7.24. The standard InChI is InChI=1S/C18H19NO2S/c20-17(13-15-7-3-1-4-8-15)19-12-11-18(22)21-14-16-9-5-2-6-10-16/h1-10H,11-14H2,(H,19,20). The zero-order chi connectivity index (χ0) is 15.6. The zero-order valence-corrected chi connectivity index (χ0v) is 13.1. The molecule has 0 aliphatic carbocycles. The summed E-state index contributed by atoms with van der Waals surface area (Å²) in [5.41, 5.74) is 2.08. The summed E-state index contributed by atoms with van der Waals surface area (Å²) < 4.78 is 5.51. The second kappa shape index (κ2) is 8.95. The van der Waals surface area contributed by atoms with E-state index in [0.29, 0.717) is 31.0 Å². The molecule has 2 aromatic rings. The summed E-state index contributed by atoms with van der Waals surface area (Å²) in [5, 5.41) is 3.37. The minimum atomic E-state index is -0.00272. The molecule has 0 fully saturated rings. The van der Waals surface area contributed by atoms with Crippen LogP contribution >= 0.6 is 12.2 Å². The van der Waals surface area contributed by atoms with Gasteiger partial charge in [-0.1, -0.05) is 60.7 Å². The quantitative estimate of drug-likeness (QED) is 0.797. The number of amides is 1. The summed E-state index contributed by atoms with van der Waals surface area (Å²) >= 11 is 5.16. The first-order chi connectivity index (χ1) is 10.7. The van der Waals surface area contributed by atoms with Crippen molar-refractivity contribution in [1.29, 1.82) is 0 Å². The average molecular weight is 313 g/mol. The highest BCUT2D eigenvalue weighted by atomic mass is 32.1. The highest BCUT2D eigenvalue weighted by molar-refractivity contribution is 7.80. The van der Waals surface area contributed by atoms with E-state index in [2.05, 4.69) is 5.32 Å². The van der Waals surface area contributed by atoms with Crippen LogP contribution in [0.15, 0.2) is 60.7 Å². The van der Waals surface area contributed by atoms with Crippen LogP contribution in [0.5, 0.6) is 0 Å². The molecule has 0 heterocycles. The van der Waals surface area contributed by atoms with E-state index in [-0.39, 0.29) is 5.91 Å². The molecule has 3 nitrogen and oxygen atoms in total. The third-order valence-electron chi connectivity index (χ3n) is 3.10. The Morgan fingerprint density at radius 1 is 0.955 bits per heavy atom. The second-order valence-electron chi connectivity index (χ2n) is 4.91. The van der Waals surface area contributed by atoms with Crippen molar-refractivity contribution in [3.05, 3.63) is 71.8 Å². The van der Waals surface area contributed by atoms with E-state index < -0.39 is 0 Å². The maximum atomic E-state index is 11.8. The molecule has 0 aliphatic rings. The third-order valence-corrected chi connectivity index (χ3v) is 3.42. The molecule has 22 heavy (non-hydrogen) atoms. The smallest absolute Gasteiger partial charge is 0.224 e. The SMILES string of the molecule is O=C(Cc1ccccc1)NCCC(=S)OCc1ccccc1. The summed E-state index contributed by atoms with van der Waals surface area (Å²) in [6.07, 6.45) is 0.932. The van der Waals surface area contributed by atoms with Gasteiger partial charge in [0.1, 0.15) is 6.61 Å². The molecule has 1 amide bonds. The van der Waals surface area contributed by atoms with Crippen molar-refractivity contribution in [3.63, 3.8) is 0 Å². The summed E-state index contributed by atoms with van der Waals surface area (Å²) in [6, 6.07) is 19.5. The van der Waals surface area contributed by atoms with Crippen molar-refractivity contribution in [2.45, 2.75) is 19.4 Å². The normalized spacial score (nSPS) is 10.0. The molecule has 0 spiro atoms. The lowest BCUT2D eigenvalue weighted by Gasteiger charge is -2.08. The van der Waals surface area contributed by atoms with E-state index in [1.807, 2.05) is 60.7 Å². The molecule has 114 valence electrons. The topological polar surface area (TPSA) is 38.3 Å².